The number of fused-ring (bicyclic) bond motifs is 8. The summed E-state index contributed by atoms with van der Waals surface area (Å²) < 4.78 is 8.54. The lowest BCUT2D eigenvalue weighted by Crippen LogP contribution is -2.14. The van der Waals surface area contributed by atoms with E-state index in [2.05, 4.69) is 96.4 Å². The average Bonchev–Trinajstić information content (AvgIpc) is 3.59. The molecule has 1 atom stereocenters. The van der Waals surface area contributed by atoms with Gasteiger partial charge in [-0.25, -0.2) is 0 Å². The topological polar surface area (TPSA) is 54.8 Å². The SMILES string of the molecule is CC1c2c(-c3ccccn3)cc(-c3ccc4oc5ccccc5c4c3)cc2-n2c3ccccc3c3cc(C#N)cc1c32. The van der Waals surface area contributed by atoms with Gasteiger partial charge >= 0.3 is 0 Å². The van der Waals surface area contributed by atoms with Gasteiger partial charge in [0.05, 0.1) is 34.0 Å². The molecule has 42 heavy (non-hydrogen) atoms. The molecule has 0 spiro atoms. The fourth-order valence-corrected chi connectivity index (χ4v) is 7.01. The third-order valence-corrected chi connectivity index (χ3v) is 8.88. The molecule has 0 bridgehead atoms. The standard InChI is InChI=1S/C38H23N3O/c1-22-28-16-23(21-39)17-30-26-8-2-4-11-33(26)41(38(28)30)34-20-25(19-31(37(22)34)32-10-6-7-15-40-32)24-13-14-36-29(18-24)27-9-3-5-12-35(27)42-36/h2-20,22H,1H3. The highest BCUT2D eigenvalue weighted by Crippen LogP contribution is 2.49. The molecule has 0 radical (unpaired) electrons. The highest BCUT2D eigenvalue weighted by atomic mass is 16.3. The Morgan fingerprint density at radius 2 is 1.55 bits per heavy atom. The van der Waals surface area contributed by atoms with Crippen LogP contribution in [0.15, 0.2) is 120 Å². The highest BCUT2D eigenvalue weighted by molar-refractivity contribution is 6.12. The number of hydrogen-bond acceptors (Lipinski definition) is 3. The van der Waals surface area contributed by atoms with Crippen molar-refractivity contribution in [2.24, 2.45) is 0 Å². The molecule has 1 unspecified atom stereocenters. The zero-order valence-electron chi connectivity index (χ0n) is 22.8. The first-order valence-corrected chi connectivity index (χ1v) is 14.2. The Morgan fingerprint density at radius 1 is 0.738 bits per heavy atom. The molecule has 196 valence electrons. The van der Waals surface area contributed by atoms with Crippen LogP contribution in [0.3, 0.4) is 0 Å². The molecule has 9 rings (SSSR count). The van der Waals surface area contributed by atoms with E-state index in [1.807, 2.05) is 36.5 Å². The lowest BCUT2D eigenvalue weighted by Gasteiger charge is -2.29. The summed E-state index contributed by atoms with van der Waals surface area (Å²) in [7, 11) is 0. The van der Waals surface area contributed by atoms with Crippen LogP contribution in [-0.4, -0.2) is 9.55 Å². The van der Waals surface area contributed by atoms with E-state index in [1.54, 1.807) is 0 Å². The first-order valence-electron chi connectivity index (χ1n) is 14.2. The second-order valence-corrected chi connectivity index (χ2v) is 11.1. The first-order chi connectivity index (χ1) is 20.7. The Morgan fingerprint density at radius 3 is 2.40 bits per heavy atom. The molecule has 0 amide bonds. The van der Waals surface area contributed by atoms with Crippen LogP contribution < -0.4 is 0 Å². The van der Waals surface area contributed by atoms with Gasteiger partial charge in [-0.15, -0.1) is 0 Å². The molecule has 4 nitrogen and oxygen atoms in total. The number of furan rings is 1. The van der Waals surface area contributed by atoms with Gasteiger partial charge in [0.15, 0.2) is 0 Å². The van der Waals surface area contributed by atoms with Crippen LogP contribution in [0, 0.1) is 11.3 Å². The van der Waals surface area contributed by atoms with Gasteiger partial charge in [0.25, 0.3) is 0 Å². The minimum Gasteiger partial charge on any atom is -0.456 e. The van der Waals surface area contributed by atoms with Crippen LogP contribution in [-0.2, 0) is 0 Å². The Balaban J connectivity index is 1.41. The predicted octanol–water partition coefficient (Wildman–Crippen LogP) is 9.75. The lowest BCUT2D eigenvalue weighted by atomic mass is 9.81. The summed E-state index contributed by atoms with van der Waals surface area (Å²) in [5.41, 5.74) is 12.6. The van der Waals surface area contributed by atoms with Crippen molar-refractivity contribution in [3.8, 4) is 34.1 Å². The van der Waals surface area contributed by atoms with Crippen LogP contribution in [0.25, 0.3) is 71.8 Å². The third-order valence-electron chi connectivity index (χ3n) is 8.88. The molecule has 8 aromatic rings. The third kappa shape index (κ3) is 3.08. The number of rotatable bonds is 2. The van der Waals surface area contributed by atoms with Gasteiger partial charge < -0.3 is 8.98 Å². The van der Waals surface area contributed by atoms with Gasteiger partial charge in [0, 0.05) is 39.2 Å². The van der Waals surface area contributed by atoms with E-state index in [9.17, 15) is 5.26 Å². The monoisotopic (exact) mass is 537 g/mol. The molecule has 4 heterocycles. The number of para-hydroxylation sites is 2. The molecular weight excluding hydrogens is 514 g/mol. The van der Waals surface area contributed by atoms with Crippen molar-refractivity contribution in [3.63, 3.8) is 0 Å². The van der Waals surface area contributed by atoms with Crippen LogP contribution in [0.1, 0.15) is 29.5 Å². The molecule has 1 aliphatic rings. The normalized spacial score (nSPS) is 14.0. The van der Waals surface area contributed by atoms with Crippen molar-refractivity contribution in [1.29, 1.82) is 5.26 Å². The van der Waals surface area contributed by atoms with Crippen molar-refractivity contribution >= 4 is 43.7 Å². The molecule has 3 aromatic heterocycles. The maximum absolute atomic E-state index is 9.94. The van der Waals surface area contributed by atoms with Crippen LogP contribution in [0.2, 0.25) is 0 Å². The lowest BCUT2D eigenvalue weighted by molar-refractivity contribution is 0.669. The van der Waals surface area contributed by atoms with Gasteiger partial charge in [-0.3, -0.25) is 4.98 Å². The quantitative estimate of drug-likeness (QED) is 0.221. The minimum atomic E-state index is 0.0685. The van der Waals surface area contributed by atoms with Crippen molar-refractivity contribution in [2.45, 2.75) is 12.8 Å². The Labute approximate surface area is 241 Å². The van der Waals surface area contributed by atoms with E-state index >= 15 is 0 Å². The minimum absolute atomic E-state index is 0.0685. The van der Waals surface area contributed by atoms with Gasteiger partial charge in [-0.2, -0.15) is 5.26 Å². The largest absolute Gasteiger partial charge is 0.456 e. The summed E-state index contributed by atoms with van der Waals surface area (Å²) in [6, 6.07) is 40.4. The molecule has 0 N–H and O–H groups in total. The predicted molar refractivity (Wildman–Crippen MR) is 169 cm³/mol. The molecule has 0 fully saturated rings. The first kappa shape index (κ1) is 23.1. The van der Waals surface area contributed by atoms with Gasteiger partial charge in [0.1, 0.15) is 11.2 Å². The second kappa shape index (κ2) is 8.42. The summed E-state index contributed by atoms with van der Waals surface area (Å²) in [6.45, 7) is 2.26. The summed E-state index contributed by atoms with van der Waals surface area (Å²) in [6.07, 6.45) is 1.86. The van der Waals surface area contributed by atoms with Crippen molar-refractivity contribution < 1.29 is 4.42 Å². The molecule has 0 saturated carbocycles. The molecule has 0 saturated heterocycles. The zero-order chi connectivity index (χ0) is 27.9. The van der Waals surface area contributed by atoms with E-state index in [0.29, 0.717) is 5.56 Å². The van der Waals surface area contributed by atoms with Crippen LogP contribution >= 0.6 is 0 Å². The van der Waals surface area contributed by atoms with Crippen molar-refractivity contribution in [2.75, 3.05) is 0 Å². The molecular formula is C38H23N3O. The number of aromatic nitrogens is 2. The van der Waals surface area contributed by atoms with Crippen LogP contribution in [0.5, 0.6) is 0 Å². The van der Waals surface area contributed by atoms with Gasteiger partial charge in [-0.05, 0) is 82.9 Å². The summed E-state index contributed by atoms with van der Waals surface area (Å²) >= 11 is 0. The number of nitrogens with zero attached hydrogens (tertiary/aromatic N) is 3. The van der Waals surface area contributed by atoms with E-state index in [1.165, 1.54) is 16.6 Å². The van der Waals surface area contributed by atoms with E-state index in [-0.39, 0.29) is 5.92 Å². The fourth-order valence-electron chi connectivity index (χ4n) is 7.01. The van der Waals surface area contributed by atoms with E-state index in [4.69, 9.17) is 9.40 Å². The summed E-state index contributed by atoms with van der Waals surface area (Å²) in [5, 5.41) is 14.4. The summed E-state index contributed by atoms with van der Waals surface area (Å²) in [4.78, 5) is 4.82. The second-order valence-electron chi connectivity index (χ2n) is 11.1. The number of pyridine rings is 1. The highest BCUT2D eigenvalue weighted by Gasteiger charge is 2.31. The van der Waals surface area contributed by atoms with Crippen molar-refractivity contribution in [3.05, 3.63) is 132 Å². The molecule has 1 aliphatic heterocycles. The van der Waals surface area contributed by atoms with Gasteiger partial charge in [-0.1, -0.05) is 55.5 Å². The number of nitriles is 1. The maximum Gasteiger partial charge on any atom is 0.135 e. The Kier molecular flexibility index (Phi) is 4.63. The molecule has 5 aromatic carbocycles. The smallest absolute Gasteiger partial charge is 0.135 e. The Bertz CT molecular complexity index is 2440. The average molecular weight is 538 g/mol. The van der Waals surface area contributed by atoms with Crippen molar-refractivity contribution in [1.82, 2.24) is 9.55 Å². The Hall–Kier alpha value is -5.66. The van der Waals surface area contributed by atoms with E-state index in [0.717, 1.165) is 66.3 Å². The maximum atomic E-state index is 9.94. The zero-order valence-corrected chi connectivity index (χ0v) is 22.8. The fraction of sp³-hybridized carbons (Fsp3) is 0.0526. The van der Waals surface area contributed by atoms with Gasteiger partial charge in [0.2, 0.25) is 0 Å². The number of benzene rings is 5. The summed E-state index contributed by atoms with van der Waals surface area (Å²) in [5.74, 6) is 0.0685. The molecule has 0 aliphatic carbocycles. The molecule has 4 heteroatoms. The number of hydrogen-bond donors (Lipinski definition) is 0. The van der Waals surface area contributed by atoms with E-state index < -0.39 is 0 Å². The van der Waals surface area contributed by atoms with Crippen LogP contribution in [0.4, 0.5) is 0 Å².